The Hall–Kier alpha value is -3.06. The molecule has 0 saturated heterocycles. The van der Waals surface area contributed by atoms with Gasteiger partial charge in [0.05, 0.1) is 5.56 Å². The Kier molecular flexibility index (Phi) is 13.8. The molecule has 0 saturated carbocycles. The number of alkyl halides is 3. The molecule has 0 spiro atoms. The molecule has 3 aromatic rings. The second-order valence-corrected chi connectivity index (χ2v) is 12.0. The first-order chi connectivity index (χ1) is 20.6. The second-order valence-electron chi connectivity index (χ2n) is 9.91. The van der Waals surface area contributed by atoms with Crippen LogP contribution in [0.3, 0.4) is 0 Å². The highest BCUT2D eigenvalue weighted by Gasteiger charge is 2.34. The predicted octanol–water partition coefficient (Wildman–Crippen LogP) is 7.15. The van der Waals surface area contributed by atoms with Crippen molar-refractivity contribution >= 4 is 35.8 Å². The lowest BCUT2D eigenvalue weighted by Gasteiger charge is -2.29. The van der Waals surface area contributed by atoms with Crippen LogP contribution < -0.4 is 10.0 Å². The van der Waals surface area contributed by atoms with Crippen molar-refractivity contribution in [2.75, 3.05) is 25.4 Å². The summed E-state index contributed by atoms with van der Waals surface area (Å²) in [6.45, 7) is 5.35. The number of pyridine rings is 1. The zero-order chi connectivity index (χ0) is 31.2. The van der Waals surface area contributed by atoms with E-state index in [0.717, 1.165) is 40.3 Å². The van der Waals surface area contributed by atoms with Crippen LogP contribution >= 0.6 is 23.9 Å². The molecule has 0 aliphatic rings. The maximum atomic E-state index is 13.8. The topological polar surface area (TPSA) is 94.6 Å². The van der Waals surface area contributed by atoms with Crippen LogP contribution in [0.15, 0.2) is 71.9 Å². The number of carbonyl (C=O) groups is 2. The molecule has 12 heteroatoms. The van der Waals surface area contributed by atoms with Crippen LogP contribution in [-0.4, -0.2) is 51.7 Å². The van der Waals surface area contributed by atoms with Gasteiger partial charge in [-0.05, 0) is 85.2 Å². The van der Waals surface area contributed by atoms with E-state index < -0.39 is 17.7 Å². The molecule has 7 nitrogen and oxygen atoms in total. The summed E-state index contributed by atoms with van der Waals surface area (Å²) < 4.78 is 46.4. The normalized spacial score (nSPS) is 12.3. The molecule has 0 fully saturated rings. The van der Waals surface area contributed by atoms with Gasteiger partial charge < -0.3 is 10.4 Å². The van der Waals surface area contributed by atoms with Gasteiger partial charge >= 0.3 is 12.1 Å². The lowest BCUT2D eigenvalue weighted by Crippen LogP contribution is -2.28. The third kappa shape index (κ3) is 11.5. The Morgan fingerprint density at radius 1 is 1.05 bits per heavy atom. The molecule has 1 atom stereocenters. The number of rotatable bonds is 17. The minimum atomic E-state index is -4.49. The number of carboxylic acid groups (broad SMARTS) is 1. The Labute approximate surface area is 259 Å². The van der Waals surface area contributed by atoms with Gasteiger partial charge in [0.2, 0.25) is 5.91 Å². The van der Waals surface area contributed by atoms with Gasteiger partial charge in [-0.25, -0.2) is 4.31 Å². The summed E-state index contributed by atoms with van der Waals surface area (Å²) >= 11 is 2.47. The van der Waals surface area contributed by atoms with E-state index in [9.17, 15) is 22.8 Å². The van der Waals surface area contributed by atoms with E-state index in [1.165, 1.54) is 24.1 Å². The molecule has 0 radical (unpaired) electrons. The van der Waals surface area contributed by atoms with E-state index in [1.807, 2.05) is 42.4 Å². The van der Waals surface area contributed by atoms with Gasteiger partial charge in [-0.1, -0.05) is 42.3 Å². The van der Waals surface area contributed by atoms with E-state index in [2.05, 4.69) is 21.1 Å². The van der Waals surface area contributed by atoms with Crippen LogP contribution in [-0.2, 0) is 15.8 Å². The van der Waals surface area contributed by atoms with E-state index in [4.69, 9.17) is 5.11 Å². The number of benzene rings is 2. The van der Waals surface area contributed by atoms with Gasteiger partial charge in [-0.15, -0.1) is 0 Å². The lowest BCUT2D eigenvalue weighted by molar-refractivity contribution is -0.140. The van der Waals surface area contributed by atoms with Gasteiger partial charge in [-0.3, -0.25) is 19.3 Å². The highest BCUT2D eigenvalue weighted by molar-refractivity contribution is 7.97. The average molecular weight is 635 g/mol. The van der Waals surface area contributed by atoms with Crippen LogP contribution in [0.5, 0.6) is 0 Å². The fourth-order valence-electron chi connectivity index (χ4n) is 4.34. The first kappa shape index (κ1) is 34.4. The highest BCUT2D eigenvalue weighted by Crippen LogP contribution is 2.41. The summed E-state index contributed by atoms with van der Waals surface area (Å²) in [5.74, 6) is -0.335. The quantitative estimate of drug-likeness (QED) is 0.107. The zero-order valence-corrected chi connectivity index (χ0v) is 25.8. The number of hydrogen-bond donors (Lipinski definition) is 3. The highest BCUT2D eigenvalue weighted by atomic mass is 32.2. The minimum Gasteiger partial charge on any atom is -0.481 e. The maximum Gasteiger partial charge on any atom is 0.417 e. The Bertz CT molecular complexity index is 1340. The third-order valence-corrected chi connectivity index (χ3v) is 8.72. The van der Waals surface area contributed by atoms with E-state index in [0.29, 0.717) is 38.2 Å². The molecular formula is C31H37F3N4O3S2. The third-order valence-electron chi connectivity index (χ3n) is 6.62. The fraction of sp³-hybridized carbons (Fsp3) is 0.387. The van der Waals surface area contributed by atoms with Gasteiger partial charge in [0.25, 0.3) is 0 Å². The Morgan fingerprint density at radius 3 is 2.58 bits per heavy atom. The molecule has 0 bridgehead atoms. The molecule has 0 aliphatic heterocycles. The first-order valence-electron chi connectivity index (χ1n) is 14.0. The van der Waals surface area contributed by atoms with Crippen LogP contribution in [0, 0.1) is 6.92 Å². The molecule has 1 heterocycles. The SMILES string of the molecule is Cc1cnccc1-c1cccc(C(C)N(CCCC(=O)NCCSNCCCC(=O)O)Sc2ccccc2C(F)(F)F)c1. The predicted molar refractivity (Wildman–Crippen MR) is 166 cm³/mol. The average Bonchev–Trinajstić information content (AvgIpc) is 2.97. The van der Waals surface area contributed by atoms with Crippen molar-refractivity contribution in [3.63, 3.8) is 0 Å². The number of carboxylic acids is 1. The van der Waals surface area contributed by atoms with Crippen molar-refractivity contribution in [2.24, 2.45) is 0 Å². The van der Waals surface area contributed by atoms with E-state index >= 15 is 0 Å². The largest absolute Gasteiger partial charge is 0.481 e. The molecule has 232 valence electrons. The number of hydrogen-bond acceptors (Lipinski definition) is 7. The molecule has 0 aliphatic carbocycles. The van der Waals surface area contributed by atoms with Crippen molar-refractivity contribution in [1.82, 2.24) is 19.3 Å². The monoisotopic (exact) mass is 634 g/mol. The summed E-state index contributed by atoms with van der Waals surface area (Å²) in [4.78, 5) is 27.3. The maximum absolute atomic E-state index is 13.8. The number of aliphatic carboxylic acids is 1. The summed E-state index contributed by atoms with van der Waals surface area (Å²) in [5, 5.41) is 11.5. The summed E-state index contributed by atoms with van der Waals surface area (Å²) in [6.07, 6.45) is 0.374. The molecule has 1 aromatic heterocycles. The van der Waals surface area contributed by atoms with Gasteiger partial charge in [0, 0.05) is 61.6 Å². The number of nitrogens with one attached hydrogen (secondary N) is 2. The van der Waals surface area contributed by atoms with E-state index in [-0.39, 0.29) is 29.7 Å². The summed E-state index contributed by atoms with van der Waals surface area (Å²) in [5.41, 5.74) is 3.32. The molecule has 1 amide bonds. The number of aryl methyl sites for hydroxylation is 1. The Balaban J connectivity index is 1.65. The van der Waals surface area contributed by atoms with Crippen LogP contribution in [0.4, 0.5) is 13.2 Å². The molecule has 3 rings (SSSR count). The standard InChI is InChI=1S/C31H37F3N4O3S2/c1-22-21-35-16-14-26(22)25-9-5-8-24(20-25)23(2)38(43-28-11-4-3-10-27(28)31(32,33)34)18-7-12-29(39)36-17-19-42-37-15-6-13-30(40)41/h3-5,8-11,14,16,20-21,23,37H,6-7,12-13,15,17-19H2,1-2H3,(H,36,39)(H,40,41). The smallest absolute Gasteiger partial charge is 0.417 e. The fourth-order valence-corrected chi connectivity index (χ4v) is 6.15. The van der Waals surface area contributed by atoms with Crippen LogP contribution in [0.1, 0.15) is 55.3 Å². The van der Waals surface area contributed by atoms with Gasteiger partial charge in [0.15, 0.2) is 0 Å². The number of amides is 1. The van der Waals surface area contributed by atoms with E-state index in [1.54, 1.807) is 18.5 Å². The minimum absolute atomic E-state index is 0.107. The number of aromatic nitrogens is 1. The van der Waals surface area contributed by atoms with Gasteiger partial charge in [-0.2, -0.15) is 13.2 Å². The summed E-state index contributed by atoms with van der Waals surface area (Å²) in [6, 6.07) is 15.2. The zero-order valence-electron chi connectivity index (χ0n) is 24.2. The lowest BCUT2D eigenvalue weighted by atomic mass is 9.98. The van der Waals surface area contributed by atoms with Crippen molar-refractivity contribution in [1.29, 1.82) is 0 Å². The summed E-state index contributed by atoms with van der Waals surface area (Å²) in [7, 11) is 0. The number of halogens is 3. The van der Waals surface area contributed by atoms with Crippen molar-refractivity contribution < 1.29 is 27.9 Å². The van der Waals surface area contributed by atoms with Crippen LogP contribution in [0.25, 0.3) is 11.1 Å². The first-order valence-corrected chi connectivity index (χ1v) is 15.8. The van der Waals surface area contributed by atoms with Gasteiger partial charge in [0.1, 0.15) is 0 Å². The van der Waals surface area contributed by atoms with Crippen molar-refractivity contribution in [2.45, 2.75) is 56.6 Å². The number of carbonyl (C=O) groups excluding carboxylic acids is 1. The van der Waals surface area contributed by atoms with Crippen molar-refractivity contribution in [3.8, 4) is 11.1 Å². The second kappa shape index (κ2) is 17.3. The molecule has 2 aromatic carbocycles. The number of nitrogens with zero attached hydrogens (tertiary/aromatic N) is 2. The van der Waals surface area contributed by atoms with Crippen molar-refractivity contribution in [3.05, 3.63) is 83.7 Å². The molecule has 43 heavy (non-hydrogen) atoms. The van der Waals surface area contributed by atoms with Crippen LogP contribution in [0.2, 0.25) is 0 Å². The molecular weight excluding hydrogens is 597 g/mol. The molecule has 3 N–H and O–H groups in total. The molecule has 1 unspecified atom stereocenters. The Morgan fingerprint density at radius 2 is 1.84 bits per heavy atom.